The van der Waals surface area contributed by atoms with Crippen LogP contribution in [0.25, 0.3) is 0 Å². The summed E-state index contributed by atoms with van der Waals surface area (Å²) in [6.07, 6.45) is -4.32. The van der Waals surface area contributed by atoms with Crippen molar-refractivity contribution in [1.29, 1.82) is 0 Å². The number of nitrogens with one attached hydrogen (secondary N) is 2. The number of benzene rings is 1. The van der Waals surface area contributed by atoms with Crippen LogP contribution in [0, 0.1) is 0 Å². The predicted molar refractivity (Wildman–Crippen MR) is 89.9 cm³/mol. The van der Waals surface area contributed by atoms with E-state index in [0.29, 0.717) is 11.5 Å². The average molecular weight is 415 g/mol. The van der Waals surface area contributed by atoms with Crippen molar-refractivity contribution in [2.45, 2.75) is 39.0 Å². The van der Waals surface area contributed by atoms with Gasteiger partial charge in [-0.3, -0.25) is 4.99 Å². The number of rotatable bonds is 2. The fourth-order valence-electron chi connectivity index (χ4n) is 1.58. The number of halogens is 4. The Bertz CT molecular complexity index is 479. The molecule has 1 aromatic carbocycles. The molecular formula is C14H21F3IN3. The van der Waals surface area contributed by atoms with Crippen LogP contribution in [0.15, 0.2) is 29.3 Å². The van der Waals surface area contributed by atoms with Crippen molar-refractivity contribution in [2.75, 3.05) is 7.05 Å². The van der Waals surface area contributed by atoms with Gasteiger partial charge in [-0.25, -0.2) is 0 Å². The Hall–Kier alpha value is -0.990. The monoisotopic (exact) mass is 415 g/mol. The summed E-state index contributed by atoms with van der Waals surface area (Å²) in [4.78, 5) is 4.03. The van der Waals surface area contributed by atoms with Crippen molar-refractivity contribution in [1.82, 2.24) is 10.6 Å². The molecule has 0 radical (unpaired) electrons. The first-order valence-corrected chi connectivity index (χ1v) is 6.27. The molecule has 0 unspecified atom stereocenters. The predicted octanol–water partition coefficient (Wildman–Crippen LogP) is 3.79. The van der Waals surface area contributed by atoms with Crippen LogP contribution in [0.3, 0.4) is 0 Å². The van der Waals surface area contributed by atoms with E-state index in [1.807, 2.05) is 20.8 Å². The van der Waals surface area contributed by atoms with E-state index in [9.17, 15) is 13.2 Å². The number of aliphatic imine (C=N–C) groups is 1. The van der Waals surface area contributed by atoms with Crippen molar-refractivity contribution in [3.8, 4) is 0 Å². The lowest BCUT2D eigenvalue weighted by Crippen LogP contribution is -2.47. The van der Waals surface area contributed by atoms with E-state index in [-0.39, 0.29) is 36.1 Å². The maximum Gasteiger partial charge on any atom is 0.416 e. The molecule has 120 valence electrons. The van der Waals surface area contributed by atoms with Crippen LogP contribution in [-0.2, 0) is 12.7 Å². The largest absolute Gasteiger partial charge is 0.416 e. The summed E-state index contributed by atoms with van der Waals surface area (Å²) < 4.78 is 37.8. The molecule has 0 spiro atoms. The van der Waals surface area contributed by atoms with E-state index in [2.05, 4.69) is 15.6 Å². The molecule has 0 aliphatic heterocycles. The zero-order chi connectivity index (χ0) is 15.4. The van der Waals surface area contributed by atoms with Crippen LogP contribution in [0.4, 0.5) is 13.2 Å². The Morgan fingerprint density at radius 3 is 2.29 bits per heavy atom. The standard InChI is InChI=1S/C14H20F3N3.HI/c1-13(2,3)20-12(18-4)19-9-10-6-5-7-11(8-10)14(15,16)17;/h5-8H,9H2,1-4H3,(H2,18,19,20);1H. The Labute approximate surface area is 140 Å². The van der Waals surface area contributed by atoms with Crippen LogP contribution in [0.2, 0.25) is 0 Å². The van der Waals surface area contributed by atoms with Gasteiger partial charge in [0.15, 0.2) is 5.96 Å². The summed E-state index contributed by atoms with van der Waals surface area (Å²) in [5.41, 5.74) is -0.261. The lowest BCUT2D eigenvalue weighted by molar-refractivity contribution is -0.137. The molecule has 0 heterocycles. The van der Waals surface area contributed by atoms with Gasteiger partial charge in [0.25, 0.3) is 0 Å². The highest BCUT2D eigenvalue weighted by Crippen LogP contribution is 2.29. The van der Waals surface area contributed by atoms with Gasteiger partial charge in [-0.05, 0) is 38.5 Å². The molecule has 0 saturated carbocycles. The third-order valence-electron chi connectivity index (χ3n) is 2.43. The van der Waals surface area contributed by atoms with Crippen LogP contribution in [0.5, 0.6) is 0 Å². The van der Waals surface area contributed by atoms with Crippen LogP contribution in [-0.4, -0.2) is 18.5 Å². The van der Waals surface area contributed by atoms with Crippen LogP contribution < -0.4 is 10.6 Å². The normalized spacial score (nSPS) is 12.6. The number of hydrogen-bond donors (Lipinski definition) is 2. The lowest BCUT2D eigenvalue weighted by atomic mass is 10.1. The Balaban J connectivity index is 0.00000400. The van der Waals surface area contributed by atoms with Gasteiger partial charge in [-0.2, -0.15) is 13.2 Å². The second-order valence-corrected chi connectivity index (χ2v) is 5.50. The minimum atomic E-state index is -4.32. The van der Waals surface area contributed by atoms with E-state index in [1.54, 1.807) is 13.1 Å². The lowest BCUT2D eigenvalue weighted by Gasteiger charge is -2.23. The molecule has 2 N–H and O–H groups in total. The fourth-order valence-corrected chi connectivity index (χ4v) is 1.58. The van der Waals surface area contributed by atoms with Gasteiger partial charge in [0.2, 0.25) is 0 Å². The molecule has 21 heavy (non-hydrogen) atoms. The SMILES string of the molecule is CN=C(NCc1cccc(C(F)(F)F)c1)NC(C)(C)C.I. The van der Waals surface area contributed by atoms with Crippen molar-refractivity contribution in [3.05, 3.63) is 35.4 Å². The highest BCUT2D eigenvalue weighted by molar-refractivity contribution is 14.0. The first-order chi connectivity index (χ1) is 9.12. The first-order valence-electron chi connectivity index (χ1n) is 6.27. The van der Waals surface area contributed by atoms with Gasteiger partial charge in [-0.15, -0.1) is 24.0 Å². The zero-order valence-corrected chi connectivity index (χ0v) is 14.8. The van der Waals surface area contributed by atoms with Gasteiger partial charge in [0.1, 0.15) is 0 Å². The number of hydrogen-bond acceptors (Lipinski definition) is 1. The minimum absolute atomic E-state index is 0. The highest BCUT2D eigenvalue weighted by Gasteiger charge is 2.30. The highest BCUT2D eigenvalue weighted by atomic mass is 127. The first kappa shape index (κ1) is 20.0. The molecule has 1 aromatic rings. The summed E-state index contributed by atoms with van der Waals surface area (Å²) in [7, 11) is 1.62. The number of nitrogens with zero attached hydrogens (tertiary/aromatic N) is 1. The molecule has 0 saturated heterocycles. The second-order valence-electron chi connectivity index (χ2n) is 5.50. The van der Waals surface area contributed by atoms with Crippen LogP contribution in [0.1, 0.15) is 31.9 Å². The molecule has 7 heteroatoms. The van der Waals surface area contributed by atoms with Gasteiger partial charge < -0.3 is 10.6 Å². The number of alkyl halides is 3. The summed E-state index contributed by atoms with van der Waals surface area (Å²) in [6.45, 7) is 6.21. The summed E-state index contributed by atoms with van der Waals surface area (Å²) in [5.74, 6) is 0.551. The topological polar surface area (TPSA) is 36.4 Å². The van der Waals surface area contributed by atoms with Gasteiger partial charge in [-0.1, -0.05) is 12.1 Å². The van der Waals surface area contributed by atoms with E-state index < -0.39 is 11.7 Å². The van der Waals surface area contributed by atoms with E-state index in [4.69, 9.17) is 0 Å². The molecule has 0 aliphatic carbocycles. The summed E-state index contributed by atoms with van der Waals surface area (Å²) >= 11 is 0. The van der Waals surface area contributed by atoms with Crippen molar-refractivity contribution < 1.29 is 13.2 Å². The third kappa shape index (κ3) is 7.54. The smallest absolute Gasteiger partial charge is 0.352 e. The Morgan fingerprint density at radius 1 is 1.19 bits per heavy atom. The maximum absolute atomic E-state index is 12.6. The summed E-state index contributed by atoms with van der Waals surface area (Å²) in [6, 6.07) is 5.25. The molecule has 0 aromatic heterocycles. The number of guanidine groups is 1. The second kappa shape index (κ2) is 7.86. The Kier molecular flexibility index (Phi) is 7.49. The zero-order valence-electron chi connectivity index (χ0n) is 12.5. The van der Waals surface area contributed by atoms with Gasteiger partial charge in [0, 0.05) is 19.1 Å². The van der Waals surface area contributed by atoms with Crippen LogP contribution >= 0.6 is 24.0 Å². The molecule has 1 rings (SSSR count). The fraction of sp³-hybridized carbons (Fsp3) is 0.500. The minimum Gasteiger partial charge on any atom is -0.352 e. The third-order valence-corrected chi connectivity index (χ3v) is 2.43. The Morgan fingerprint density at radius 2 is 1.81 bits per heavy atom. The van der Waals surface area contributed by atoms with Gasteiger partial charge >= 0.3 is 6.18 Å². The molecule has 0 bridgehead atoms. The summed E-state index contributed by atoms with van der Waals surface area (Å²) in [5, 5.41) is 6.13. The molecule has 3 nitrogen and oxygen atoms in total. The molecule has 0 fully saturated rings. The average Bonchev–Trinajstić information content (AvgIpc) is 2.32. The van der Waals surface area contributed by atoms with E-state index in [1.165, 1.54) is 6.07 Å². The molecule has 0 atom stereocenters. The molecule has 0 aliphatic rings. The maximum atomic E-state index is 12.6. The van der Waals surface area contributed by atoms with Crippen molar-refractivity contribution in [3.63, 3.8) is 0 Å². The molecule has 0 amide bonds. The van der Waals surface area contributed by atoms with Gasteiger partial charge in [0.05, 0.1) is 5.56 Å². The quantitative estimate of drug-likeness (QED) is 0.438. The van der Waals surface area contributed by atoms with Crippen molar-refractivity contribution in [2.24, 2.45) is 4.99 Å². The van der Waals surface area contributed by atoms with E-state index >= 15 is 0 Å². The van der Waals surface area contributed by atoms with E-state index in [0.717, 1.165) is 12.1 Å². The molecular weight excluding hydrogens is 394 g/mol. The van der Waals surface area contributed by atoms with Crippen molar-refractivity contribution >= 4 is 29.9 Å².